The second kappa shape index (κ2) is 13.0. The van der Waals surface area contributed by atoms with Gasteiger partial charge in [-0.25, -0.2) is 0 Å². The SMILES string of the molecule is c1ccc(-n2c3ccccc3c3ccc(-c4ccc(N(c5ccc(-c6cccc7ccccc67)cc5)c5ccc6[se]c7ccccc7c6c5)cc4)cc32)cc1. The van der Waals surface area contributed by atoms with Gasteiger partial charge in [-0.3, -0.25) is 0 Å². The van der Waals surface area contributed by atoms with Gasteiger partial charge in [-0.05, 0) is 18.2 Å². The molecule has 0 saturated carbocycles. The molecule has 0 N–H and O–H groups in total. The van der Waals surface area contributed by atoms with Crippen LogP contribution in [0.15, 0.2) is 206 Å². The van der Waals surface area contributed by atoms with Crippen LogP contribution in [0.25, 0.3) is 79.8 Å². The van der Waals surface area contributed by atoms with Crippen molar-refractivity contribution in [2.75, 3.05) is 4.90 Å². The van der Waals surface area contributed by atoms with Gasteiger partial charge in [0.2, 0.25) is 0 Å². The van der Waals surface area contributed by atoms with Crippen molar-refractivity contribution in [2.45, 2.75) is 0 Å². The van der Waals surface area contributed by atoms with Gasteiger partial charge in [0, 0.05) is 16.5 Å². The molecule has 9 aromatic carbocycles. The van der Waals surface area contributed by atoms with Crippen molar-refractivity contribution in [1.29, 1.82) is 0 Å². The Morgan fingerprint density at radius 3 is 1.76 bits per heavy atom. The molecule has 3 heteroatoms. The number of hydrogen-bond donors (Lipinski definition) is 0. The Bertz CT molecular complexity index is 3180. The predicted molar refractivity (Wildman–Crippen MR) is 236 cm³/mol. The van der Waals surface area contributed by atoms with Crippen LogP contribution in [-0.2, 0) is 0 Å². The van der Waals surface area contributed by atoms with E-state index in [1.54, 1.807) is 0 Å². The molecular formula is C52H34N2Se. The van der Waals surface area contributed by atoms with Crippen LogP contribution < -0.4 is 4.90 Å². The van der Waals surface area contributed by atoms with Crippen molar-refractivity contribution < 1.29 is 0 Å². The number of benzene rings is 9. The molecule has 0 bridgehead atoms. The average Bonchev–Trinajstić information content (AvgIpc) is 3.79. The monoisotopic (exact) mass is 766 g/mol. The van der Waals surface area contributed by atoms with Crippen LogP contribution >= 0.6 is 0 Å². The number of hydrogen-bond acceptors (Lipinski definition) is 1. The maximum absolute atomic E-state index is 2.40. The molecule has 11 rings (SSSR count). The van der Waals surface area contributed by atoms with E-state index in [1.165, 1.54) is 79.8 Å². The zero-order valence-corrected chi connectivity index (χ0v) is 31.6. The molecule has 2 aromatic heterocycles. The molecule has 0 saturated heterocycles. The van der Waals surface area contributed by atoms with Crippen LogP contribution in [0.4, 0.5) is 17.1 Å². The van der Waals surface area contributed by atoms with Crippen LogP contribution in [0.3, 0.4) is 0 Å². The van der Waals surface area contributed by atoms with Gasteiger partial charge in [0.15, 0.2) is 0 Å². The normalized spacial score (nSPS) is 11.6. The van der Waals surface area contributed by atoms with E-state index in [-0.39, 0.29) is 0 Å². The third kappa shape index (κ3) is 5.40. The summed E-state index contributed by atoms with van der Waals surface area (Å²) in [6.07, 6.45) is 0. The van der Waals surface area contributed by atoms with Crippen molar-refractivity contribution in [3.8, 4) is 27.9 Å². The topological polar surface area (TPSA) is 8.17 Å². The first-order valence-corrected chi connectivity index (χ1v) is 20.5. The number of rotatable bonds is 6. The van der Waals surface area contributed by atoms with Crippen molar-refractivity contribution in [2.24, 2.45) is 0 Å². The van der Waals surface area contributed by atoms with E-state index in [0.717, 1.165) is 17.1 Å². The smallest absolute Gasteiger partial charge is 0.0602 e. The standard InChI is InChI=1S/C52H34N2Se/c1-2-13-39(14-3-1)54-49-19-8-6-16-45(49)46-31-25-38(33-50(46)54)35-21-26-40(27-22-35)53(42-30-32-52-48(34-42)47-17-7-9-20-51(47)55-52)41-28-23-37(24-29-41)44-18-10-12-36-11-4-5-15-43(36)44/h1-34H. The molecule has 258 valence electrons. The summed E-state index contributed by atoms with van der Waals surface area (Å²) in [4.78, 5) is 2.40. The van der Waals surface area contributed by atoms with Crippen molar-refractivity contribution in [3.63, 3.8) is 0 Å². The number of aromatic nitrogens is 1. The van der Waals surface area contributed by atoms with Crippen molar-refractivity contribution >= 4 is 83.4 Å². The third-order valence-corrected chi connectivity index (χ3v) is 13.4. The van der Waals surface area contributed by atoms with Crippen molar-refractivity contribution in [1.82, 2.24) is 4.57 Å². The van der Waals surface area contributed by atoms with Crippen LogP contribution in [0.1, 0.15) is 0 Å². The first kappa shape index (κ1) is 31.8. The van der Waals surface area contributed by atoms with Crippen LogP contribution in [-0.4, -0.2) is 19.1 Å². The minimum absolute atomic E-state index is 0.324. The van der Waals surface area contributed by atoms with Crippen LogP contribution in [0, 0.1) is 0 Å². The fourth-order valence-electron chi connectivity index (χ4n) is 8.38. The van der Waals surface area contributed by atoms with E-state index in [9.17, 15) is 0 Å². The van der Waals surface area contributed by atoms with Gasteiger partial charge in [0.05, 0.1) is 5.52 Å². The van der Waals surface area contributed by atoms with Gasteiger partial charge in [-0.2, -0.15) is 0 Å². The Morgan fingerprint density at radius 1 is 0.345 bits per heavy atom. The first-order valence-electron chi connectivity index (χ1n) is 18.8. The molecule has 55 heavy (non-hydrogen) atoms. The molecule has 11 aromatic rings. The molecule has 0 amide bonds. The van der Waals surface area contributed by atoms with Gasteiger partial charge >= 0.3 is 222 Å². The van der Waals surface area contributed by atoms with Crippen LogP contribution in [0.2, 0.25) is 0 Å². The number of nitrogens with zero attached hydrogens (tertiary/aromatic N) is 2. The van der Waals surface area contributed by atoms with Gasteiger partial charge in [-0.1, -0.05) is 60.7 Å². The molecule has 2 heterocycles. The molecule has 0 aliphatic heterocycles. The molecule has 0 radical (unpaired) electrons. The molecule has 0 aliphatic carbocycles. The van der Waals surface area contributed by atoms with E-state index in [2.05, 4.69) is 216 Å². The summed E-state index contributed by atoms with van der Waals surface area (Å²) in [6, 6.07) is 75.6. The molecule has 0 atom stereocenters. The Morgan fingerprint density at radius 2 is 0.945 bits per heavy atom. The van der Waals surface area contributed by atoms with E-state index in [0.29, 0.717) is 14.5 Å². The zero-order chi connectivity index (χ0) is 36.3. The maximum atomic E-state index is 2.40. The Hall–Kier alpha value is -6.64. The van der Waals surface area contributed by atoms with E-state index in [1.807, 2.05) is 0 Å². The minimum Gasteiger partial charge on any atom is -0.0602 e. The second-order valence-electron chi connectivity index (χ2n) is 14.2. The molecule has 0 fully saturated rings. The van der Waals surface area contributed by atoms with E-state index in [4.69, 9.17) is 0 Å². The molecule has 0 unspecified atom stereocenters. The van der Waals surface area contributed by atoms with Crippen molar-refractivity contribution in [3.05, 3.63) is 206 Å². The summed E-state index contributed by atoms with van der Waals surface area (Å²) in [5.41, 5.74) is 11.9. The fraction of sp³-hybridized carbons (Fsp3) is 0. The summed E-state index contributed by atoms with van der Waals surface area (Å²) in [6.45, 7) is 0. The fourth-order valence-corrected chi connectivity index (χ4v) is 10.7. The summed E-state index contributed by atoms with van der Waals surface area (Å²) >= 11 is 0.324. The summed E-state index contributed by atoms with van der Waals surface area (Å²) in [5.74, 6) is 0. The summed E-state index contributed by atoms with van der Waals surface area (Å²) in [5, 5.41) is 7.77. The van der Waals surface area contributed by atoms with Gasteiger partial charge in [0.25, 0.3) is 0 Å². The Kier molecular flexibility index (Phi) is 7.55. The van der Waals surface area contributed by atoms with E-state index >= 15 is 0 Å². The summed E-state index contributed by atoms with van der Waals surface area (Å²) < 4.78 is 5.29. The Labute approximate surface area is 325 Å². The van der Waals surface area contributed by atoms with Crippen LogP contribution in [0.5, 0.6) is 0 Å². The van der Waals surface area contributed by atoms with Gasteiger partial charge in [0.1, 0.15) is 0 Å². The molecule has 2 nitrogen and oxygen atoms in total. The molecule has 0 spiro atoms. The number of para-hydroxylation sites is 2. The summed E-state index contributed by atoms with van der Waals surface area (Å²) in [7, 11) is 0. The Balaban J connectivity index is 1.03. The average molecular weight is 766 g/mol. The predicted octanol–water partition coefficient (Wildman–Crippen LogP) is 14.1. The third-order valence-electron chi connectivity index (χ3n) is 11.0. The van der Waals surface area contributed by atoms with E-state index < -0.39 is 0 Å². The number of fused-ring (bicyclic) bond motifs is 7. The van der Waals surface area contributed by atoms with Gasteiger partial charge in [-0.15, -0.1) is 0 Å². The quantitative estimate of drug-likeness (QED) is 0.153. The number of anilines is 3. The molecule has 0 aliphatic rings. The van der Waals surface area contributed by atoms with Gasteiger partial charge < -0.3 is 4.57 Å². The minimum atomic E-state index is 0.324. The molecular weight excluding hydrogens is 732 g/mol. The first-order chi connectivity index (χ1) is 27.3. The zero-order valence-electron chi connectivity index (χ0n) is 29.9. The second-order valence-corrected chi connectivity index (χ2v) is 16.4.